The largest absolute Gasteiger partial charge is 0.376 e. The van der Waals surface area contributed by atoms with Gasteiger partial charge in [0.2, 0.25) is 11.8 Å². The van der Waals surface area contributed by atoms with Crippen LogP contribution >= 0.6 is 0 Å². The van der Waals surface area contributed by atoms with Gasteiger partial charge in [0.05, 0.1) is 24.6 Å². The number of carbonyl (C=O) groups is 2. The van der Waals surface area contributed by atoms with Gasteiger partial charge in [0.1, 0.15) is 0 Å². The van der Waals surface area contributed by atoms with E-state index >= 15 is 0 Å². The zero-order valence-electron chi connectivity index (χ0n) is 9.68. The normalized spacial score (nSPS) is 26.4. The summed E-state index contributed by atoms with van der Waals surface area (Å²) in [6.45, 7) is 2.57. The van der Waals surface area contributed by atoms with Crippen LogP contribution in [0.15, 0.2) is 0 Å². The van der Waals surface area contributed by atoms with E-state index in [2.05, 4.69) is 0 Å². The van der Waals surface area contributed by atoms with Gasteiger partial charge in [-0.3, -0.25) is 9.59 Å². The molecule has 0 saturated carbocycles. The highest BCUT2D eigenvalue weighted by molar-refractivity contribution is 5.87. The van der Waals surface area contributed by atoms with E-state index in [9.17, 15) is 9.59 Å². The molecular weight excluding hydrogens is 210 g/mol. The molecule has 1 aliphatic heterocycles. The number of primary amides is 1. The van der Waals surface area contributed by atoms with Crippen molar-refractivity contribution >= 4 is 11.8 Å². The molecule has 0 spiro atoms. The summed E-state index contributed by atoms with van der Waals surface area (Å²) in [6, 6.07) is -0.818. The van der Waals surface area contributed by atoms with E-state index in [1.807, 2.05) is 6.92 Å². The third kappa shape index (κ3) is 2.93. The molecule has 1 fully saturated rings. The van der Waals surface area contributed by atoms with Gasteiger partial charge < -0.3 is 21.1 Å². The summed E-state index contributed by atoms with van der Waals surface area (Å²) in [5.41, 5.74) is 10.6. The molecule has 0 radical (unpaired) electrons. The molecule has 3 atom stereocenters. The second-order valence-corrected chi connectivity index (χ2v) is 4.16. The van der Waals surface area contributed by atoms with Crippen LogP contribution in [-0.2, 0) is 14.3 Å². The first-order chi connectivity index (χ1) is 7.43. The molecule has 0 bridgehead atoms. The maximum absolute atomic E-state index is 11.8. The quantitative estimate of drug-likeness (QED) is 0.634. The molecule has 0 aliphatic carbocycles. The number of nitrogens with two attached hydrogens (primary N) is 2. The van der Waals surface area contributed by atoms with E-state index in [-0.39, 0.29) is 24.5 Å². The minimum Gasteiger partial charge on any atom is -0.376 e. The molecule has 16 heavy (non-hydrogen) atoms. The molecule has 92 valence electrons. The van der Waals surface area contributed by atoms with Gasteiger partial charge >= 0.3 is 0 Å². The number of likely N-dealkylation sites (N-methyl/N-ethyl adjacent to an activating group) is 1. The highest BCUT2D eigenvalue weighted by Crippen LogP contribution is 2.18. The Balaban J connectivity index is 2.55. The number of hydrogen-bond acceptors (Lipinski definition) is 4. The van der Waals surface area contributed by atoms with Gasteiger partial charge in [0.15, 0.2) is 0 Å². The summed E-state index contributed by atoms with van der Waals surface area (Å²) in [5.74, 6) is -0.828. The summed E-state index contributed by atoms with van der Waals surface area (Å²) in [4.78, 5) is 24.1. The van der Waals surface area contributed by atoms with Crippen molar-refractivity contribution in [3.63, 3.8) is 0 Å². The molecular formula is C10H19N3O3. The number of rotatable bonds is 4. The fourth-order valence-corrected chi connectivity index (χ4v) is 1.96. The number of nitrogens with zero attached hydrogens (tertiary/aromatic N) is 1. The average Bonchev–Trinajstić information content (AvgIpc) is 2.61. The van der Waals surface area contributed by atoms with Crippen LogP contribution in [0.2, 0.25) is 0 Å². The molecule has 1 heterocycles. The number of amides is 2. The van der Waals surface area contributed by atoms with Crippen LogP contribution in [0.3, 0.4) is 0 Å². The van der Waals surface area contributed by atoms with Crippen LogP contribution < -0.4 is 11.5 Å². The molecule has 1 rings (SSSR count). The first kappa shape index (κ1) is 12.9. The molecule has 1 aliphatic rings. The van der Waals surface area contributed by atoms with E-state index in [1.165, 1.54) is 0 Å². The van der Waals surface area contributed by atoms with E-state index in [4.69, 9.17) is 16.2 Å². The molecule has 0 aromatic carbocycles. The predicted molar refractivity (Wildman–Crippen MR) is 58.4 cm³/mol. The van der Waals surface area contributed by atoms with Crippen molar-refractivity contribution < 1.29 is 14.3 Å². The lowest BCUT2D eigenvalue weighted by Gasteiger charge is -2.28. The topological polar surface area (TPSA) is 98.7 Å². The Kier molecular flexibility index (Phi) is 4.26. The van der Waals surface area contributed by atoms with Crippen molar-refractivity contribution in [3.8, 4) is 0 Å². The lowest BCUT2D eigenvalue weighted by Crippen LogP contribution is -2.49. The summed E-state index contributed by atoms with van der Waals surface area (Å²) in [5, 5.41) is 0. The van der Waals surface area contributed by atoms with Gasteiger partial charge in [-0.2, -0.15) is 0 Å². The first-order valence-electron chi connectivity index (χ1n) is 5.35. The standard InChI is InChI=1S/C10H19N3O3/c1-6-8(3-4-16-6)13(2)10(15)7(11)5-9(12)14/h6-8H,3-5,11H2,1-2H3,(H2,12,14). The van der Waals surface area contributed by atoms with E-state index < -0.39 is 11.9 Å². The van der Waals surface area contributed by atoms with E-state index in [1.54, 1.807) is 11.9 Å². The zero-order chi connectivity index (χ0) is 12.3. The Bertz CT molecular complexity index is 282. The van der Waals surface area contributed by atoms with Crippen molar-refractivity contribution in [1.82, 2.24) is 4.90 Å². The third-order valence-electron chi connectivity index (χ3n) is 2.92. The van der Waals surface area contributed by atoms with Crippen LogP contribution in [0.4, 0.5) is 0 Å². The Hall–Kier alpha value is -1.14. The highest BCUT2D eigenvalue weighted by Gasteiger charge is 2.32. The fraction of sp³-hybridized carbons (Fsp3) is 0.800. The molecule has 0 aromatic rings. The molecule has 3 unspecified atom stereocenters. The Labute approximate surface area is 94.9 Å². The monoisotopic (exact) mass is 229 g/mol. The van der Waals surface area contributed by atoms with Crippen LogP contribution in [-0.4, -0.2) is 48.6 Å². The van der Waals surface area contributed by atoms with Crippen molar-refractivity contribution in [2.45, 2.75) is 38.0 Å². The Morgan fingerprint density at radius 3 is 2.62 bits per heavy atom. The molecule has 0 aromatic heterocycles. The molecule has 2 amide bonds. The number of hydrogen-bond donors (Lipinski definition) is 2. The first-order valence-corrected chi connectivity index (χ1v) is 5.35. The maximum atomic E-state index is 11.8. The van der Waals surface area contributed by atoms with Gasteiger partial charge in [-0.25, -0.2) is 0 Å². The van der Waals surface area contributed by atoms with Gasteiger partial charge in [0.25, 0.3) is 0 Å². The Morgan fingerprint density at radius 2 is 2.19 bits per heavy atom. The van der Waals surface area contributed by atoms with Crippen molar-refractivity contribution in [1.29, 1.82) is 0 Å². The molecule has 1 saturated heterocycles. The SMILES string of the molecule is CC1OCCC1N(C)C(=O)C(N)CC(N)=O. The maximum Gasteiger partial charge on any atom is 0.240 e. The second kappa shape index (κ2) is 5.27. The number of ether oxygens (including phenoxy) is 1. The summed E-state index contributed by atoms with van der Waals surface area (Å²) in [6.07, 6.45) is 0.687. The average molecular weight is 229 g/mol. The van der Waals surface area contributed by atoms with Crippen LogP contribution in [0.5, 0.6) is 0 Å². The highest BCUT2D eigenvalue weighted by atomic mass is 16.5. The lowest BCUT2D eigenvalue weighted by atomic mass is 10.1. The predicted octanol–water partition coefficient (Wildman–Crippen LogP) is -1.18. The number of carbonyl (C=O) groups excluding carboxylic acids is 2. The summed E-state index contributed by atoms with van der Waals surface area (Å²) >= 11 is 0. The van der Waals surface area contributed by atoms with Gasteiger partial charge in [-0.15, -0.1) is 0 Å². The van der Waals surface area contributed by atoms with E-state index in [0.717, 1.165) is 6.42 Å². The van der Waals surface area contributed by atoms with Crippen molar-refractivity contribution in [2.75, 3.05) is 13.7 Å². The smallest absolute Gasteiger partial charge is 0.240 e. The zero-order valence-corrected chi connectivity index (χ0v) is 9.68. The minimum atomic E-state index is -0.852. The van der Waals surface area contributed by atoms with Gasteiger partial charge in [0, 0.05) is 13.7 Å². The lowest BCUT2D eigenvalue weighted by molar-refractivity contribution is -0.136. The summed E-state index contributed by atoms with van der Waals surface area (Å²) in [7, 11) is 1.68. The van der Waals surface area contributed by atoms with Crippen molar-refractivity contribution in [3.05, 3.63) is 0 Å². The molecule has 4 N–H and O–H groups in total. The van der Waals surface area contributed by atoms with Crippen LogP contribution in [0.25, 0.3) is 0 Å². The third-order valence-corrected chi connectivity index (χ3v) is 2.92. The van der Waals surface area contributed by atoms with Gasteiger partial charge in [-0.1, -0.05) is 0 Å². The molecule has 6 nitrogen and oxygen atoms in total. The van der Waals surface area contributed by atoms with Crippen molar-refractivity contribution in [2.24, 2.45) is 11.5 Å². The van der Waals surface area contributed by atoms with Gasteiger partial charge in [-0.05, 0) is 13.3 Å². The minimum absolute atomic E-state index is 0.00901. The van der Waals surface area contributed by atoms with E-state index in [0.29, 0.717) is 6.61 Å². The second-order valence-electron chi connectivity index (χ2n) is 4.16. The molecule has 6 heteroatoms. The Morgan fingerprint density at radius 1 is 1.56 bits per heavy atom. The van der Waals surface area contributed by atoms with Crippen LogP contribution in [0, 0.1) is 0 Å². The fourth-order valence-electron chi connectivity index (χ4n) is 1.96. The van der Waals surface area contributed by atoms with Crippen LogP contribution in [0.1, 0.15) is 19.8 Å². The summed E-state index contributed by atoms with van der Waals surface area (Å²) < 4.78 is 5.37.